The maximum atomic E-state index is 13.4. The molecule has 4 aromatic rings. The summed E-state index contributed by atoms with van der Waals surface area (Å²) in [6, 6.07) is 18.2. The van der Waals surface area contributed by atoms with Gasteiger partial charge in [0.15, 0.2) is 5.82 Å². The van der Waals surface area contributed by atoms with Gasteiger partial charge in [-0.1, -0.05) is 35.9 Å². The minimum Gasteiger partial charge on any atom is -0.283 e. The van der Waals surface area contributed by atoms with Gasteiger partial charge in [0.2, 0.25) is 0 Å². The van der Waals surface area contributed by atoms with Crippen LogP contribution >= 0.6 is 0 Å². The number of azo groups is 1. The van der Waals surface area contributed by atoms with Crippen molar-refractivity contribution in [2.75, 3.05) is 0 Å². The minimum absolute atomic E-state index is 0.339. The molecule has 128 valence electrons. The fourth-order valence-electron chi connectivity index (χ4n) is 2.78. The van der Waals surface area contributed by atoms with E-state index in [9.17, 15) is 4.39 Å². The summed E-state index contributed by atoms with van der Waals surface area (Å²) in [4.78, 5) is 4.74. The Bertz CT molecular complexity index is 1110. The van der Waals surface area contributed by atoms with E-state index in [4.69, 9.17) is 4.98 Å². The highest BCUT2D eigenvalue weighted by molar-refractivity contribution is 5.74. The number of hydrogen-bond donors (Lipinski definition) is 0. The molecular formula is C21H17FN4. The molecule has 0 fully saturated rings. The van der Waals surface area contributed by atoms with Crippen molar-refractivity contribution in [3.63, 3.8) is 0 Å². The Labute approximate surface area is 150 Å². The van der Waals surface area contributed by atoms with Crippen molar-refractivity contribution in [1.29, 1.82) is 0 Å². The Kier molecular flexibility index (Phi) is 4.05. The average molecular weight is 344 g/mol. The topological polar surface area (TPSA) is 42.0 Å². The summed E-state index contributed by atoms with van der Waals surface area (Å²) in [6.07, 6.45) is 1.93. The van der Waals surface area contributed by atoms with E-state index in [1.165, 1.54) is 17.7 Å². The molecular weight excluding hydrogens is 327 g/mol. The number of nitrogens with zero attached hydrogens (tertiary/aromatic N) is 4. The van der Waals surface area contributed by atoms with Gasteiger partial charge in [-0.2, -0.15) is 0 Å². The maximum Gasteiger partial charge on any atom is 0.187 e. The largest absolute Gasteiger partial charge is 0.283 e. The van der Waals surface area contributed by atoms with Crippen molar-refractivity contribution >= 4 is 17.2 Å². The van der Waals surface area contributed by atoms with E-state index in [0.717, 1.165) is 22.5 Å². The number of aromatic nitrogens is 2. The molecule has 0 aliphatic rings. The summed E-state index contributed by atoms with van der Waals surface area (Å²) in [5.41, 5.74) is 5.26. The van der Waals surface area contributed by atoms with Gasteiger partial charge in [0, 0.05) is 17.8 Å². The summed E-state index contributed by atoms with van der Waals surface area (Å²) in [6.45, 7) is 4.07. The Morgan fingerprint density at radius 2 is 1.69 bits per heavy atom. The molecule has 26 heavy (non-hydrogen) atoms. The molecule has 0 aliphatic carbocycles. The molecule has 2 heterocycles. The lowest BCUT2D eigenvalue weighted by Gasteiger charge is -2.01. The SMILES string of the molecule is Cc1ccc(-c2nc3cc(C)ccn3c2N=Nc2cccc(F)c2)cc1. The normalized spacial score (nSPS) is 11.5. The van der Waals surface area contributed by atoms with Crippen molar-refractivity contribution in [3.8, 4) is 11.3 Å². The minimum atomic E-state index is -0.339. The van der Waals surface area contributed by atoms with E-state index in [1.54, 1.807) is 12.1 Å². The molecule has 0 spiro atoms. The summed E-state index contributed by atoms with van der Waals surface area (Å²) in [5.74, 6) is 0.280. The van der Waals surface area contributed by atoms with Crippen LogP contribution in [0.2, 0.25) is 0 Å². The van der Waals surface area contributed by atoms with Crippen molar-refractivity contribution in [3.05, 3.63) is 83.8 Å². The van der Waals surface area contributed by atoms with E-state index < -0.39 is 0 Å². The monoisotopic (exact) mass is 344 g/mol. The van der Waals surface area contributed by atoms with Gasteiger partial charge in [-0.25, -0.2) is 9.37 Å². The lowest BCUT2D eigenvalue weighted by Crippen LogP contribution is -1.84. The third kappa shape index (κ3) is 3.11. The molecule has 0 saturated carbocycles. The zero-order chi connectivity index (χ0) is 18.1. The van der Waals surface area contributed by atoms with Crippen LogP contribution in [0, 0.1) is 19.7 Å². The Hall–Kier alpha value is -3.34. The van der Waals surface area contributed by atoms with Crippen LogP contribution in [-0.4, -0.2) is 9.38 Å². The quantitative estimate of drug-likeness (QED) is 0.410. The molecule has 2 aromatic carbocycles. The van der Waals surface area contributed by atoms with Gasteiger partial charge in [0.05, 0.1) is 5.69 Å². The second-order valence-electron chi connectivity index (χ2n) is 6.26. The lowest BCUT2D eigenvalue weighted by atomic mass is 10.1. The van der Waals surface area contributed by atoms with Crippen LogP contribution in [0.3, 0.4) is 0 Å². The van der Waals surface area contributed by atoms with Crippen LogP contribution in [0.25, 0.3) is 16.9 Å². The van der Waals surface area contributed by atoms with Gasteiger partial charge >= 0.3 is 0 Å². The van der Waals surface area contributed by atoms with E-state index in [1.807, 2.05) is 60.8 Å². The van der Waals surface area contributed by atoms with E-state index in [-0.39, 0.29) is 5.82 Å². The average Bonchev–Trinajstić information content (AvgIpc) is 2.98. The standard InChI is InChI=1S/C21H17FN4/c1-14-6-8-16(9-7-14)20-21(25-24-18-5-3-4-17(22)13-18)26-11-10-15(2)12-19(26)23-20/h3-13H,1-2H3. The molecule has 0 unspecified atom stereocenters. The third-order valence-electron chi connectivity index (χ3n) is 4.15. The molecule has 2 aromatic heterocycles. The zero-order valence-corrected chi connectivity index (χ0v) is 14.5. The molecule has 0 bridgehead atoms. The molecule has 0 N–H and O–H groups in total. The number of aryl methyl sites for hydroxylation is 2. The Morgan fingerprint density at radius 3 is 2.46 bits per heavy atom. The first-order chi connectivity index (χ1) is 12.6. The van der Waals surface area contributed by atoms with Crippen molar-refractivity contribution in [1.82, 2.24) is 9.38 Å². The van der Waals surface area contributed by atoms with Crippen molar-refractivity contribution in [2.45, 2.75) is 13.8 Å². The zero-order valence-electron chi connectivity index (χ0n) is 14.5. The molecule has 4 rings (SSSR count). The highest BCUT2D eigenvalue weighted by Gasteiger charge is 2.14. The number of halogens is 1. The number of imidazole rings is 1. The van der Waals surface area contributed by atoms with Crippen LogP contribution in [0.15, 0.2) is 77.1 Å². The number of hydrogen-bond acceptors (Lipinski definition) is 3. The van der Waals surface area contributed by atoms with Gasteiger partial charge in [-0.15, -0.1) is 10.2 Å². The smallest absolute Gasteiger partial charge is 0.187 e. The Morgan fingerprint density at radius 1 is 0.885 bits per heavy atom. The molecule has 0 amide bonds. The van der Waals surface area contributed by atoms with E-state index >= 15 is 0 Å². The summed E-state index contributed by atoms with van der Waals surface area (Å²) in [5, 5.41) is 8.60. The van der Waals surface area contributed by atoms with Gasteiger partial charge in [-0.3, -0.25) is 4.40 Å². The van der Waals surface area contributed by atoms with Crippen LogP contribution in [0.4, 0.5) is 15.9 Å². The second-order valence-corrected chi connectivity index (χ2v) is 6.26. The molecule has 4 nitrogen and oxygen atoms in total. The molecule has 0 saturated heterocycles. The van der Waals surface area contributed by atoms with Gasteiger partial charge in [0.1, 0.15) is 17.2 Å². The predicted molar refractivity (Wildman–Crippen MR) is 101 cm³/mol. The number of benzene rings is 2. The van der Waals surface area contributed by atoms with Crippen LogP contribution in [0.5, 0.6) is 0 Å². The van der Waals surface area contributed by atoms with Gasteiger partial charge < -0.3 is 0 Å². The number of rotatable bonds is 3. The molecule has 5 heteroatoms. The highest BCUT2D eigenvalue weighted by Crippen LogP contribution is 2.32. The first kappa shape index (κ1) is 16.1. The Balaban J connectivity index is 1.88. The lowest BCUT2D eigenvalue weighted by molar-refractivity contribution is 0.628. The van der Waals surface area contributed by atoms with Crippen molar-refractivity contribution in [2.24, 2.45) is 10.2 Å². The van der Waals surface area contributed by atoms with E-state index in [0.29, 0.717) is 11.5 Å². The van der Waals surface area contributed by atoms with Gasteiger partial charge in [0.25, 0.3) is 0 Å². The van der Waals surface area contributed by atoms with Crippen molar-refractivity contribution < 1.29 is 4.39 Å². The predicted octanol–water partition coefficient (Wildman–Crippen LogP) is 6.17. The van der Waals surface area contributed by atoms with E-state index in [2.05, 4.69) is 10.2 Å². The number of pyridine rings is 1. The molecule has 0 radical (unpaired) electrons. The summed E-state index contributed by atoms with van der Waals surface area (Å²) < 4.78 is 15.3. The second kappa shape index (κ2) is 6.52. The van der Waals surface area contributed by atoms with Crippen LogP contribution in [-0.2, 0) is 0 Å². The molecule has 0 atom stereocenters. The van der Waals surface area contributed by atoms with Crippen LogP contribution in [0.1, 0.15) is 11.1 Å². The van der Waals surface area contributed by atoms with Gasteiger partial charge in [-0.05, 0) is 43.7 Å². The third-order valence-corrected chi connectivity index (χ3v) is 4.15. The number of fused-ring (bicyclic) bond motifs is 1. The van der Waals surface area contributed by atoms with Crippen LogP contribution < -0.4 is 0 Å². The fraction of sp³-hybridized carbons (Fsp3) is 0.0952. The summed E-state index contributed by atoms with van der Waals surface area (Å²) in [7, 11) is 0. The summed E-state index contributed by atoms with van der Waals surface area (Å²) >= 11 is 0. The maximum absolute atomic E-state index is 13.4. The highest BCUT2D eigenvalue weighted by atomic mass is 19.1. The first-order valence-corrected chi connectivity index (χ1v) is 8.33. The molecule has 0 aliphatic heterocycles. The first-order valence-electron chi connectivity index (χ1n) is 8.33. The fourth-order valence-corrected chi connectivity index (χ4v) is 2.78.